The number of nitrogens with zero attached hydrogens (tertiary/aromatic N) is 2. The van der Waals surface area contributed by atoms with Crippen LogP contribution < -0.4 is 10.6 Å². The molecule has 0 saturated carbocycles. The van der Waals surface area contributed by atoms with Crippen LogP contribution in [0.25, 0.3) is 0 Å². The fraction of sp³-hybridized carbons (Fsp3) is 0.0625. The first kappa shape index (κ1) is 15.3. The average Bonchev–Trinajstić information content (AvgIpc) is 2.79. The van der Waals surface area contributed by atoms with Crippen LogP contribution >= 0.6 is 0 Å². The van der Waals surface area contributed by atoms with E-state index < -0.39 is 22.6 Å². The van der Waals surface area contributed by atoms with Crippen molar-refractivity contribution in [1.29, 1.82) is 0 Å². The zero-order chi connectivity index (χ0) is 17.6. The van der Waals surface area contributed by atoms with E-state index in [2.05, 4.69) is 0 Å². The number of non-ortho nitro benzene ring substituents is 1. The Morgan fingerprint density at radius 3 is 2.38 bits per heavy atom. The van der Waals surface area contributed by atoms with Crippen molar-refractivity contribution in [2.45, 2.75) is 6.92 Å². The van der Waals surface area contributed by atoms with Gasteiger partial charge in [-0.2, -0.15) is 0 Å². The van der Waals surface area contributed by atoms with Crippen molar-refractivity contribution >= 4 is 29.1 Å². The van der Waals surface area contributed by atoms with Crippen LogP contribution in [0.3, 0.4) is 0 Å². The lowest BCUT2D eigenvalue weighted by molar-refractivity contribution is -0.384. The molecule has 0 saturated heterocycles. The quantitative estimate of drug-likeness (QED) is 0.523. The number of hydrogen-bond acceptors (Lipinski definition) is 5. The van der Waals surface area contributed by atoms with E-state index in [4.69, 9.17) is 5.73 Å². The van der Waals surface area contributed by atoms with Gasteiger partial charge >= 0.3 is 0 Å². The van der Waals surface area contributed by atoms with Gasteiger partial charge in [-0.3, -0.25) is 24.5 Å². The fourth-order valence-corrected chi connectivity index (χ4v) is 2.57. The zero-order valence-electron chi connectivity index (χ0n) is 12.5. The molecule has 0 radical (unpaired) electrons. The van der Waals surface area contributed by atoms with E-state index in [9.17, 15) is 24.5 Å². The molecule has 0 spiro atoms. The van der Waals surface area contributed by atoms with Crippen molar-refractivity contribution in [3.05, 3.63) is 68.8 Å². The highest BCUT2D eigenvalue weighted by atomic mass is 16.6. The van der Waals surface area contributed by atoms with Gasteiger partial charge in [-0.15, -0.1) is 0 Å². The van der Waals surface area contributed by atoms with Gasteiger partial charge in [-0.25, -0.2) is 4.90 Å². The molecule has 2 aromatic rings. The molecule has 3 rings (SSSR count). The van der Waals surface area contributed by atoms with Crippen LogP contribution in [0.4, 0.5) is 11.4 Å². The number of amides is 3. The predicted molar refractivity (Wildman–Crippen MR) is 83.9 cm³/mol. The second-order valence-electron chi connectivity index (χ2n) is 5.30. The Hall–Kier alpha value is -3.55. The highest BCUT2D eigenvalue weighted by Crippen LogP contribution is 2.33. The second-order valence-corrected chi connectivity index (χ2v) is 5.30. The summed E-state index contributed by atoms with van der Waals surface area (Å²) in [5, 5.41) is 10.9. The Kier molecular flexibility index (Phi) is 3.37. The second kappa shape index (κ2) is 5.27. The maximum atomic E-state index is 12.6. The number of nitro benzene ring substituents is 1. The van der Waals surface area contributed by atoms with E-state index in [0.29, 0.717) is 5.56 Å². The first-order chi connectivity index (χ1) is 11.3. The van der Waals surface area contributed by atoms with Crippen LogP contribution in [0.5, 0.6) is 0 Å². The summed E-state index contributed by atoms with van der Waals surface area (Å²) in [6.45, 7) is 1.64. The minimum absolute atomic E-state index is 0.0437. The Balaban J connectivity index is 2.13. The summed E-state index contributed by atoms with van der Waals surface area (Å²) in [6.07, 6.45) is 0. The number of aryl methyl sites for hydroxylation is 1. The van der Waals surface area contributed by atoms with E-state index >= 15 is 0 Å². The SMILES string of the molecule is Cc1ccc([N+](=O)[O-])cc1N1C(=O)c2ccc(C(N)=O)cc2C1=O. The van der Waals surface area contributed by atoms with Crippen molar-refractivity contribution in [1.82, 2.24) is 0 Å². The van der Waals surface area contributed by atoms with Gasteiger partial charge in [0.15, 0.2) is 0 Å². The standard InChI is InChI=1S/C16H11N3O5/c1-8-2-4-10(19(23)24)7-13(8)18-15(21)11-5-3-9(14(17)20)6-12(11)16(18)22/h2-7H,1H3,(H2,17,20). The molecule has 8 heteroatoms. The summed E-state index contributed by atoms with van der Waals surface area (Å²) in [5.41, 5.74) is 5.89. The van der Waals surface area contributed by atoms with Gasteiger partial charge in [0.2, 0.25) is 5.91 Å². The lowest BCUT2D eigenvalue weighted by Gasteiger charge is -2.16. The third kappa shape index (κ3) is 2.21. The van der Waals surface area contributed by atoms with E-state index in [-0.39, 0.29) is 28.1 Å². The topological polar surface area (TPSA) is 124 Å². The molecule has 0 fully saturated rings. The van der Waals surface area contributed by atoms with Crippen LogP contribution in [-0.2, 0) is 0 Å². The summed E-state index contributed by atoms with van der Waals surface area (Å²) >= 11 is 0. The number of nitrogens with two attached hydrogens (primary N) is 1. The molecule has 24 heavy (non-hydrogen) atoms. The molecule has 3 amide bonds. The molecule has 120 valence electrons. The van der Waals surface area contributed by atoms with Crippen LogP contribution in [0.2, 0.25) is 0 Å². The largest absolute Gasteiger partial charge is 0.366 e. The van der Waals surface area contributed by atoms with E-state index in [1.807, 2.05) is 0 Å². The molecular weight excluding hydrogens is 314 g/mol. The Morgan fingerprint density at radius 2 is 1.75 bits per heavy atom. The Labute approximate surface area is 135 Å². The number of imide groups is 1. The van der Waals surface area contributed by atoms with E-state index in [1.165, 1.54) is 36.4 Å². The van der Waals surface area contributed by atoms with Gasteiger partial charge in [0.1, 0.15) is 0 Å². The van der Waals surface area contributed by atoms with Gasteiger partial charge in [-0.1, -0.05) is 6.07 Å². The third-order valence-electron chi connectivity index (χ3n) is 3.82. The maximum Gasteiger partial charge on any atom is 0.271 e. The van der Waals surface area contributed by atoms with Gasteiger partial charge in [0, 0.05) is 17.7 Å². The lowest BCUT2D eigenvalue weighted by Crippen LogP contribution is -2.30. The summed E-state index contributed by atoms with van der Waals surface area (Å²) in [7, 11) is 0. The summed E-state index contributed by atoms with van der Waals surface area (Å²) in [5.74, 6) is -1.97. The number of primary amides is 1. The normalized spacial score (nSPS) is 13.1. The Bertz CT molecular complexity index is 935. The molecule has 2 aromatic carbocycles. The first-order valence-electron chi connectivity index (χ1n) is 6.89. The van der Waals surface area contributed by atoms with Crippen molar-refractivity contribution in [2.24, 2.45) is 5.73 Å². The molecule has 0 atom stereocenters. The molecule has 0 aromatic heterocycles. The van der Waals surface area contributed by atoms with Gasteiger partial charge < -0.3 is 5.73 Å². The smallest absolute Gasteiger partial charge is 0.271 e. The van der Waals surface area contributed by atoms with Crippen LogP contribution in [0.15, 0.2) is 36.4 Å². The molecule has 2 N–H and O–H groups in total. The minimum atomic E-state index is -0.719. The molecule has 1 aliphatic rings. The van der Waals surface area contributed by atoms with Crippen LogP contribution in [0.1, 0.15) is 36.6 Å². The van der Waals surface area contributed by atoms with Crippen molar-refractivity contribution < 1.29 is 19.3 Å². The molecular formula is C16H11N3O5. The first-order valence-corrected chi connectivity index (χ1v) is 6.89. The Morgan fingerprint density at radius 1 is 1.08 bits per heavy atom. The number of hydrogen-bond donors (Lipinski definition) is 1. The van der Waals surface area contributed by atoms with Crippen LogP contribution in [-0.4, -0.2) is 22.6 Å². The molecule has 0 aliphatic carbocycles. The monoisotopic (exact) mass is 325 g/mol. The zero-order valence-corrected chi connectivity index (χ0v) is 12.5. The molecule has 8 nitrogen and oxygen atoms in total. The number of carbonyl (C=O) groups excluding carboxylic acids is 3. The number of nitro groups is 1. The number of anilines is 1. The number of fused-ring (bicyclic) bond motifs is 1. The van der Waals surface area contributed by atoms with Crippen LogP contribution in [0, 0.1) is 17.0 Å². The molecule has 0 unspecified atom stereocenters. The summed E-state index contributed by atoms with van der Waals surface area (Å²) < 4.78 is 0. The lowest BCUT2D eigenvalue weighted by atomic mass is 10.1. The average molecular weight is 325 g/mol. The maximum absolute atomic E-state index is 12.6. The molecule has 1 aliphatic heterocycles. The number of rotatable bonds is 3. The van der Waals surface area contributed by atoms with Crippen molar-refractivity contribution in [3.63, 3.8) is 0 Å². The summed E-state index contributed by atoms with van der Waals surface area (Å²) in [4.78, 5) is 47.6. The highest BCUT2D eigenvalue weighted by molar-refractivity contribution is 6.35. The van der Waals surface area contributed by atoms with Crippen molar-refractivity contribution in [2.75, 3.05) is 4.90 Å². The van der Waals surface area contributed by atoms with Crippen molar-refractivity contribution in [3.8, 4) is 0 Å². The number of benzene rings is 2. The van der Waals surface area contributed by atoms with Gasteiger partial charge in [0.05, 0.1) is 21.7 Å². The van der Waals surface area contributed by atoms with Gasteiger partial charge in [-0.05, 0) is 30.7 Å². The third-order valence-corrected chi connectivity index (χ3v) is 3.82. The fourth-order valence-electron chi connectivity index (χ4n) is 2.57. The predicted octanol–water partition coefficient (Wildman–Crippen LogP) is 1.80. The minimum Gasteiger partial charge on any atom is -0.366 e. The highest BCUT2D eigenvalue weighted by Gasteiger charge is 2.38. The summed E-state index contributed by atoms with van der Waals surface area (Å²) in [6, 6.07) is 7.89. The van der Waals surface area contributed by atoms with E-state index in [0.717, 1.165) is 4.90 Å². The van der Waals surface area contributed by atoms with E-state index in [1.54, 1.807) is 6.92 Å². The molecule has 0 bridgehead atoms. The van der Waals surface area contributed by atoms with Gasteiger partial charge in [0.25, 0.3) is 17.5 Å². The number of carbonyl (C=O) groups is 3. The molecule has 1 heterocycles.